The van der Waals surface area contributed by atoms with Crippen LogP contribution in [-0.2, 0) is 0 Å². The molecular formula is C16H18N2O. The number of anilines is 2. The molecule has 3 nitrogen and oxygen atoms in total. The Morgan fingerprint density at radius 3 is 2.68 bits per heavy atom. The van der Waals surface area contributed by atoms with Crippen molar-refractivity contribution in [3.8, 4) is 0 Å². The van der Waals surface area contributed by atoms with Crippen LogP contribution in [0.4, 0.5) is 11.5 Å². The molecule has 0 N–H and O–H groups in total. The van der Waals surface area contributed by atoms with Crippen LogP contribution in [-0.4, -0.2) is 17.3 Å². The van der Waals surface area contributed by atoms with Gasteiger partial charge in [-0.05, 0) is 50.6 Å². The van der Waals surface area contributed by atoms with E-state index in [0.29, 0.717) is 5.56 Å². The van der Waals surface area contributed by atoms with Crippen molar-refractivity contribution in [3.05, 3.63) is 53.7 Å². The Kier molecular flexibility index (Phi) is 3.95. The third-order valence-corrected chi connectivity index (χ3v) is 3.05. The zero-order valence-corrected chi connectivity index (χ0v) is 11.6. The highest BCUT2D eigenvalue weighted by Crippen LogP contribution is 2.27. The summed E-state index contributed by atoms with van der Waals surface area (Å²) in [4.78, 5) is 18.2. The molecule has 0 saturated heterocycles. The molecule has 0 spiro atoms. The normalized spacial score (nSPS) is 10.3. The first-order chi connectivity index (χ1) is 9.13. The molecule has 0 aliphatic carbocycles. The minimum atomic E-state index is 0.0363. The molecule has 2 rings (SSSR count). The maximum Gasteiger partial charge on any atom is 0.163 e. The summed E-state index contributed by atoms with van der Waals surface area (Å²) in [7, 11) is 0. The third-order valence-electron chi connectivity index (χ3n) is 3.05. The summed E-state index contributed by atoms with van der Waals surface area (Å²) < 4.78 is 0. The van der Waals surface area contributed by atoms with E-state index in [1.807, 2.05) is 18.2 Å². The van der Waals surface area contributed by atoms with Crippen molar-refractivity contribution in [2.75, 3.05) is 11.4 Å². The fourth-order valence-corrected chi connectivity index (χ4v) is 2.14. The lowest BCUT2D eigenvalue weighted by Gasteiger charge is -2.24. The van der Waals surface area contributed by atoms with E-state index >= 15 is 0 Å². The number of rotatable bonds is 4. The Hall–Kier alpha value is -2.16. The lowest BCUT2D eigenvalue weighted by atomic mass is 10.1. The minimum Gasteiger partial charge on any atom is -0.326 e. The van der Waals surface area contributed by atoms with E-state index in [9.17, 15) is 4.79 Å². The molecule has 1 aromatic heterocycles. The molecule has 0 saturated carbocycles. The number of ketones is 1. The summed E-state index contributed by atoms with van der Waals surface area (Å²) >= 11 is 0. The van der Waals surface area contributed by atoms with Crippen LogP contribution in [0.1, 0.15) is 29.8 Å². The van der Waals surface area contributed by atoms with E-state index in [-0.39, 0.29) is 5.78 Å². The molecule has 0 aliphatic rings. The summed E-state index contributed by atoms with van der Waals surface area (Å²) in [6.45, 7) is 6.45. The summed E-state index contributed by atoms with van der Waals surface area (Å²) in [5, 5.41) is 0. The first-order valence-corrected chi connectivity index (χ1v) is 6.43. The second-order valence-corrected chi connectivity index (χ2v) is 4.51. The number of carbonyl (C=O) groups excluding carboxylic acids is 1. The van der Waals surface area contributed by atoms with Gasteiger partial charge in [0.05, 0.1) is 5.56 Å². The summed E-state index contributed by atoms with van der Waals surface area (Å²) in [6.07, 6.45) is 1.72. The molecule has 2 aromatic rings. The van der Waals surface area contributed by atoms with Crippen molar-refractivity contribution < 1.29 is 4.79 Å². The predicted molar refractivity (Wildman–Crippen MR) is 78.1 cm³/mol. The van der Waals surface area contributed by atoms with Crippen LogP contribution in [0.2, 0.25) is 0 Å². The van der Waals surface area contributed by atoms with Gasteiger partial charge in [0, 0.05) is 18.4 Å². The Labute approximate surface area is 113 Å². The number of pyridine rings is 1. The number of benzene rings is 1. The molecule has 19 heavy (non-hydrogen) atoms. The Bertz CT molecular complexity index is 593. The van der Waals surface area contributed by atoms with Crippen LogP contribution in [0.25, 0.3) is 0 Å². The zero-order valence-electron chi connectivity index (χ0n) is 11.6. The van der Waals surface area contributed by atoms with Gasteiger partial charge in [-0.2, -0.15) is 0 Å². The second kappa shape index (κ2) is 5.65. The van der Waals surface area contributed by atoms with Crippen LogP contribution >= 0.6 is 0 Å². The van der Waals surface area contributed by atoms with Crippen molar-refractivity contribution in [1.82, 2.24) is 4.98 Å². The molecule has 0 unspecified atom stereocenters. The monoisotopic (exact) mass is 254 g/mol. The standard InChI is InChI=1S/C16H18N2O/c1-4-18(14-8-5-7-12(2)11-14)16-15(13(3)19)9-6-10-17-16/h5-11H,4H2,1-3H3. The van der Waals surface area contributed by atoms with E-state index in [2.05, 4.69) is 35.9 Å². The highest BCUT2D eigenvalue weighted by molar-refractivity contribution is 5.99. The zero-order chi connectivity index (χ0) is 13.8. The Morgan fingerprint density at radius 1 is 1.26 bits per heavy atom. The smallest absolute Gasteiger partial charge is 0.163 e. The fraction of sp³-hybridized carbons (Fsp3) is 0.250. The average molecular weight is 254 g/mol. The molecule has 1 heterocycles. The van der Waals surface area contributed by atoms with E-state index in [4.69, 9.17) is 0 Å². The number of nitrogens with zero attached hydrogens (tertiary/aromatic N) is 2. The molecule has 98 valence electrons. The predicted octanol–water partition coefficient (Wildman–Crippen LogP) is 3.75. The topological polar surface area (TPSA) is 33.2 Å². The summed E-state index contributed by atoms with van der Waals surface area (Å²) in [6, 6.07) is 11.8. The first-order valence-electron chi connectivity index (χ1n) is 6.43. The van der Waals surface area contributed by atoms with Gasteiger partial charge in [0.25, 0.3) is 0 Å². The third kappa shape index (κ3) is 2.81. The average Bonchev–Trinajstić information content (AvgIpc) is 2.40. The van der Waals surface area contributed by atoms with E-state index in [0.717, 1.165) is 18.1 Å². The highest BCUT2D eigenvalue weighted by atomic mass is 16.1. The molecule has 0 bridgehead atoms. The Balaban J connectivity index is 2.51. The summed E-state index contributed by atoms with van der Waals surface area (Å²) in [5.74, 6) is 0.761. The molecule has 0 atom stereocenters. The molecule has 0 amide bonds. The van der Waals surface area contributed by atoms with Gasteiger partial charge in [0.2, 0.25) is 0 Å². The maximum atomic E-state index is 11.7. The van der Waals surface area contributed by atoms with Crippen LogP contribution in [0.3, 0.4) is 0 Å². The first kappa shape index (κ1) is 13.3. The molecule has 1 aromatic carbocycles. The molecular weight excluding hydrogens is 236 g/mol. The SMILES string of the molecule is CCN(c1cccc(C)c1)c1ncccc1C(C)=O. The molecule has 0 fully saturated rings. The second-order valence-electron chi connectivity index (χ2n) is 4.51. The molecule has 0 aliphatic heterocycles. The van der Waals surface area contributed by atoms with Crippen molar-refractivity contribution in [2.45, 2.75) is 20.8 Å². The van der Waals surface area contributed by atoms with E-state index < -0.39 is 0 Å². The van der Waals surface area contributed by atoms with Crippen LogP contribution < -0.4 is 4.90 Å². The van der Waals surface area contributed by atoms with E-state index in [1.54, 1.807) is 19.2 Å². The minimum absolute atomic E-state index is 0.0363. The van der Waals surface area contributed by atoms with Gasteiger partial charge in [0.1, 0.15) is 5.82 Å². The van der Waals surface area contributed by atoms with Crippen molar-refractivity contribution >= 4 is 17.3 Å². The van der Waals surface area contributed by atoms with Crippen LogP contribution in [0.5, 0.6) is 0 Å². The lowest BCUT2D eigenvalue weighted by Crippen LogP contribution is -2.20. The van der Waals surface area contributed by atoms with Crippen LogP contribution in [0.15, 0.2) is 42.6 Å². The number of aryl methyl sites for hydroxylation is 1. The number of hydrogen-bond acceptors (Lipinski definition) is 3. The van der Waals surface area contributed by atoms with Gasteiger partial charge in [0.15, 0.2) is 5.78 Å². The number of hydrogen-bond donors (Lipinski definition) is 0. The number of Topliss-reactive ketones (excluding diaryl/α,β-unsaturated/α-hetero) is 1. The quantitative estimate of drug-likeness (QED) is 0.779. The van der Waals surface area contributed by atoms with Gasteiger partial charge >= 0.3 is 0 Å². The number of carbonyl (C=O) groups is 1. The highest BCUT2D eigenvalue weighted by Gasteiger charge is 2.15. The van der Waals surface area contributed by atoms with Gasteiger partial charge < -0.3 is 4.90 Å². The number of aromatic nitrogens is 1. The van der Waals surface area contributed by atoms with Crippen molar-refractivity contribution in [2.24, 2.45) is 0 Å². The molecule has 3 heteroatoms. The van der Waals surface area contributed by atoms with Crippen molar-refractivity contribution in [1.29, 1.82) is 0 Å². The Morgan fingerprint density at radius 2 is 2.05 bits per heavy atom. The van der Waals surface area contributed by atoms with Crippen molar-refractivity contribution in [3.63, 3.8) is 0 Å². The van der Waals surface area contributed by atoms with E-state index in [1.165, 1.54) is 5.56 Å². The largest absolute Gasteiger partial charge is 0.326 e. The van der Waals surface area contributed by atoms with Crippen LogP contribution in [0, 0.1) is 6.92 Å². The fourth-order valence-electron chi connectivity index (χ4n) is 2.14. The lowest BCUT2D eigenvalue weighted by molar-refractivity contribution is 0.101. The van der Waals surface area contributed by atoms with Gasteiger partial charge in [-0.25, -0.2) is 4.98 Å². The van der Waals surface area contributed by atoms with Gasteiger partial charge in [-0.1, -0.05) is 12.1 Å². The van der Waals surface area contributed by atoms with Gasteiger partial charge in [-0.3, -0.25) is 4.79 Å². The maximum absolute atomic E-state index is 11.7. The van der Waals surface area contributed by atoms with Gasteiger partial charge in [-0.15, -0.1) is 0 Å². The summed E-state index contributed by atoms with van der Waals surface area (Å²) in [5.41, 5.74) is 2.91. The molecule has 0 radical (unpaired) electrons.